The average molecular weight is 303 g/mol. The minimum atomic E-state index is 0.0483. The number of carbonyl (C=O) groups is 1. The number of rotatable bonds is 4. The minimum Gasteiger partial charge on any atom is -0.327 e. The average Bonchev–Trinajstić information content (AvgIpc) is 2.42. The number of anilines is 1. The molecule has 1 saturated heterocycles. The topological polar surface area (TPSA) is 58.4 Å². The van der Waals surface area contributed by atoms with E-state index in [-0.39, 0.29) is 17.4 Å². The second-order valence-electron chi connectivity index (χ2n) is 7.42. The summed E-state index contributed by atoms with van der Waals surface area (Å²) in [6.45, 7) is 10.8. The van der Waals surface area contributed by atoms with Crippen molar-refractivity contribution in [2.75, 3.05) is 25.0 Å². The predicted octanol–water partition coefficient (Wildman–Crippen LogP) is 2.81. The predicted molar refractivity (Wildman–Crippen MR) is 92.0 cm³/mol. The van der Waals surface area contributed by atoms with Gasteiger partial charge in [0.1, 0.15) is 0 Å². The van der Waals surface area contributed by atoms with Crippen molar-refractivity contribution >= 4 is 11.6 Å². The van der Waals surface area contributed by atoms with Crippen LogP contribution in [0.25, 0.3) is 0 Å². The van der Waals surface area contributed by atoms with Gasteiger partial charge in [0.05, 0.1) is 6.54 Å². The quantitative estimate of drug-likeness (QED) is 0.899. The molecule has 22 heavy (non-hydrogen) atoms. The molecular formula is C18H29N3O. The molecule has 0 aliphatic carbocycles. The molecule has 1 aromatic rings. The second-order valence-corrected chi connectivity index (χ2v) is 7.42. The van der Waals surface area contributed by atoms with Crippen LogP contribution >= 0.6 is 0 Å². The first-order valence-electron chi connectivity index (χ1n) is 8.15. The van der Waals surface area contributed by atoms with Crippen LogP contribution in [-0.2, 0) is 4.79 Å². The first kappa shape index (κ1) is 17.0. The van der Waals surface area contributed by atoms with Gasteiger partial charge in [0.15, 0.2) is 0 Å². The van der Waals surface area contributed by atoms with E-state index in [1.54, 1.807) is 0 Å². The summed E-state index contributed by atoms with van der Waals surface area (Å²) in [5.41, 5.74) is 8.33. The van der Waals surface area contributed by atoms with Gasteiger partial charge in [-0.2, -0.15) is 0 Å². The molecule has 1 unspecified atom stereocenters. The molecule has 1 atom stereocenters. The fourth-order valence-electron chi connectivity index (χ4n) is 3.00. The maximum Gasteiger partial charge on any atom is 0.238 e. The highest BCUT2D eigenvalue weighted by Crippen LogP contribution is 2.27. The van der Waals surface area contributed by atoms with Crippen molar-refractivity contribution in [1.29, 1.82) is 0 Å². The van der Waals surface area contributed by atoms with Gasteiger partial charge >= 0.3 is 0 Å². The van der Waals surface area contributed by atoms with Crippen LogP contribution in [0.5, 0.6) is 0 Å². The van der Waals surface area contributed by atoms with Crippen LogP contribution < -0.4 is 11.1 Å². The van der Waals surface area contributed by atoms with Crippen molar-refractivity contribution in [2.45, 2.75) is 46.1 Å². The van der Waals surface area contributed by atoms with Crippen LogP contribution in [-0.4, -0.2) is 36.5 Å². The van der Waals surface area contributed by atoms with E-state index in [2.05, 4.69) is 50.0 Å². The van der Waals surface area contributed by atoms with Crippen molar-refractivity contribution in [1.82, 2.24) is 4.90 Å². The van der Waals surface area contributed by atoms with E-state index < -0.39 is 0 Å². The summed E-state index contributed by atoms with van der Waals surface area (Å²) >= 11 is 0. The molecule has 4 nitrogen and oxygen atoms in total. The van der Waals surface area contributed by atoms with Gasteiger partial charge < -0.3 is 11.1 Å². The van der Waals surface area contributed by atoms with E-state index in [1.807, 2.05) is 12.1 Å². The Morgan fingerprint density at radius 3 is 2.82 bits per heavy atom. The SMILES string of the molecule is CC(C)c1cccc(NC(=O)CN2CCC(N)C(C)(C)C2)c1. The maximum atomic E-state index is 12.3. The number of hydrogen-bond donors (Lipinski definition) is 2. The lowest BCUT2D eigenvalue weighted by molar-refractivity contribution is -0.118. The number of hydrogen-bond acceptors (Lipinski definition) is 3. The van der Waals surface area contributed by atoms with Crippen LogP contribution in [0.15, 0.2) is 24.3 Å². The maximum absolute atomic E-state index is 12.3. The van der Waals surface area contributed by atoms with Gasteiger partial charge in [-0.15, -0.1) is 0 Å². The largest absolute Gasteiger partial charge is 0.327 e. The molecule has 0 bridgehead atoms. The highest BCUT2D eigenvalue weighted by molar-refractivity contribution is 5.92. The Balaban J connectivity index is 1.92. The number of likely N-dealkylation sites (tertiary alicyclic amines) is 1. The Labute approximate surface area is 134 Å². The number of amides is 1. The molecule has 1 fully saturated rings. The van der Waals surface area contributed by atoms with Crippen LogP contribution in [0.2, 0.25) is 0 Å². The van der Waals surface area contributed by atoms with Gasteiger partial charge in [-0.25, -0.2) is 0 Å². The van der Waals surface area contributed by atoms with E-state index in [0.29, 0.717) is 12.5 Å². The number of benzene rings is 1. The lowest BCUT2D eigenvalue weighted by Crippen LogP contribution is -2.53. The zero-order valence-corrected chi connectivity index (χ0v) is 14.2. The van der Waals surface area contributed by atoms with Crippen molar-refractivity contribution in [3.8, 4) is 0 Å². The highest BCUT2D eigenvalue weighted by atomic mass is 16.2. The lowest BCUT2D eigenvalue weighted by Gasteiger charge is -2.42. The summed E-state index contributed by atoms with van der Waals surface area (Å²) < 4.78 is 0. The zero-order valence-electron chi connectivity index (χ0n) is 14.2. The third-order valence-electron chi connectivity index (χ3n) is 4.60. The lowest BCUT2D eigenvalue weighted by atomic mass is 9.80. The number of nitrogens with zero attached hydrogens (tertiary/aromatic N) is 1. The summed E-state index contributed by atoms with van der Waals surface area (Å²) in [5.74, 6) is 0.508. The van der Waals surface area contributed by atoms with E-state index in [0.717, 1.165) is 25.2 Å². The molecule has 2 rings (SSSR count). The molecule has 122 valence electrons. The van der Waals surface area contributed by atoms with E-state index >= 15 is 0 Å². The second kappa shape index (κ2) is 6.80. The third kappa shape index (κ3) is 4.31. The standard InChI is InChI=1S/C18H29N3O/c1-13(2)14-6-5-7-15(10-14)20-17(22)11-21-9-8-16(19)18(3,4)12-21/h5-7,10,13,16H,8-9,11-12,19H2,1-4H3,(H,20,22). The molecule has 0 aromatic heterocycles. The molecule has 1 heterocycles. The molecule has 4 heteroatoms. The highest BCUT2D eigenvalue weighted by Gasteiger charge is 2.33. The summed E-state index contributed by atoms with van der Waals surface area (Å²) in [6, 6.07) is 8.30. The fraction of sp³-hybridized carbons (Fsp3) is 0.611. The van der Waals surface area contributed by atoms with Gasteiger partial charge in [-0.3, -0.25) is 9.69 Å². The minimum absolute atomic E-state index is 0.0483. The monoisotopic (exact) mass is 303 g/mol. The first-order valence-corrected chi connectivity index (χ1v) is 8.15. The Hall–Kier alpha value is -1.39. The molecule has 1 aliphatic heterocycles. The van der Waals surface area contributed by atoms with Crippen molar-refractivity contribution in [3.05, 3.63) is 29.8 Å². The van der Waals surface area contributed by atoms with Crippen LogP contribution in [0.1, 0.15) is 45.6 Å². The molecule has 1 aliphatic rings. The summed E-state index contributed by atoms with van der Waals surface area (Å²) in [5, 5.41) is 3.01. The van der Waals surface area contributed by atoms with Crippen molar-refractivity contribution in [2.24, 2.45) is 11.1 Å². The van der Waals surface area contributed by atoms with Crippen LogP contribution in [0, 0.1) is 5.41 Å². The van der Waals surface area contributed by atoms with E-state index in [1.165, 1.54) is 5.56 Å². The number of nitrogens with one attached hydrogen (secondary N) is 1. The zero-order chi connectivity index (χ0) is 16.3. The summed E-state index contributed by atoms with van der Waals surface area (Å²) in [4.78, 5) is 14.5. The van der Waals surface area contributed by atoms with E-state index in [4.69, 9.17) is 5.73 Å². The first-order chi connectivity index (χ1) is 10.3. The van der Waals surface area contributed by atoms with Crippen LogP contribution in [0.4, 0.5) is 5.69 Å². The Bertz CT molecular complexity index is 525. The number of carbonyl (C=O) groups excluding carboxylic acids is 1. The molecule has 0 saturated carbocycles. The normalized spacial score (nSPS) is 21.8. The molecule has 0 spiro atoms. The molecule has 1 amide bonds. The molecular weight excluding hydrogens is 274 g/mol. The third-order valence-corrected chi connectivity index (χ3v) is 4.60. The molecule has 1 aromatic carbocycles. The number of nitrogens with two attached hydrogens (primary N) is 1. The van der Waals surface area contributed by atoms with E-state index in [9.17, 15) is 4.79 Å². The van der Waals surface area contributed by atoms with Crippen molar-refractivity contribution < 1.29 is 4.79 Å². The smallest absolute Gasteiger partial charge is 0.238 e. The number of piperidine rings is 1. The van der Waals surface area contributed by atoms with Crippen LogP contribution in [0.3, 0.4) is 0 Å². The molecule has 3 N–H and O–H groups in total. The van der Waals surface area contributed by atoms with Gasteiger partial charge in [0.2, 0.25) is 5.91 Å². The summed E-state index contributed by atoms with van der Waals surface area (Å²) in [7, 11) is 0. The Morgan fingerprint density at radius 1 is 1.45 bits per heavy atom. The van der Waals surface area contributed by atoms with Gasteiger partial charge in [0, 0.05) is 24.8 Å². The Morgan fingerprint density at radius 2 is 2.18 bits per heavy atom. The van der Waals surface area contributed by atoms with Gasteiger partial charge in [-0.05, 0) is 35.4 Å². The Kier molecular flexibility index (Phi) is 5.24. The fourth-order valence-corrected chi connectivity index (χ4v) is 3.00. The van der Waals surface area contributed by atoms with Crippen molar-refractivity contribution in [3.63, 3.8) is 0 Å². The van der Waals surface area contributed by atoms with Gasteiger partial charge in [-0.1, -0.05) is 39.8 Å². The van der Waals surface area contributed by atoms with Gasteiger partial charge in [0.25, 0.3) is 0 Å². The summed E-state index contributed by atoms with van der Waals surface area (Å²) in [6.07, 6.45) is 0.948. The molecule has 0 radical (unpaired) electrons.